The third kappa shape index (κ3) is 4.14. The minimum atomic E-state index is -0.178. The van der Waals surface area contributed by atoms with E-state index in [-0.39, 0.29) is 11.7 Å². The highest BCUT2D eigenvalue weighted by molar-refractivity contribution is 7.14. The maximum Gasteiger partial charge on any atom is 0.251 e. The summed E-state index contributed by atoms with van der Waals surface area (Å²) < 4.78 is 5.12. The molecule has 0 spiro atoms. The number of hydrogen-bond acceptors (Lipinski definition) is 4. The van der Waals surface area contributed by atoms with Crippen LogP contribution < -0.4 is 10.1 Å². The number of ether oxygens (including phenoxy) is 1. The molecule has 0 aliphatic rings. The van der Waals surface area contributed by atoms with Gasteiger partial charge in [0.1, 0.15) is 5.75 Å². The van der Waals surface area contributed by atoms with E-state index >= 15 is 0 Å². The maximum absolute atomic E-state index is 12.4. The predicted octanol–water partition coefficient (Wildman–Crippen LogP) is 3.92. The Bertz CT molecular complexity index is 887. The molecule has 1 heterocycles. The molecule has 25 heavy (non-hydrogen) atoms. The van der Waals surface area contributed by atoms with Crippen molar-refractivity contribution in [2.45, 2.75) is 6.54 Å². The Morgan fingerprint density at radius 2 is 1.72 bits per heavy atom. The molecule has 4 nitrogen and oxygen atoms in total. The van der Waals surface area contributed by atoms with Gasteiger partial charge in [-0.2, -0.15) is 0 Å². The van der Waals surface area contributed by atoms with Crippen molar-refractivity contribution in [1.82, 2.24) is 5.32 Å². The molecule has 0 atom stereocenters. The van der Waals surface area contributed by atoms with Crippen molar-refractivity contribution in [2.24, 2.45) is 0 Å². The van der Waals surface area contributed by atoms with Crippen molar-refractivity contribution >= 4 is 23.0 Å². The largest absolute Gasteiger partial charge is 0.497 e. The Labute approximate surface area is 150 Å². The molecule has 0 unspecified atom stereocenters. The van der Waals surface area contributed by atoms with Crippen LogP contribution in [0, 0.1) is 0 Å². The summed E-state index contributed by atoms with van der Waals surface area (Å²) in [6, 6.07) is 19.8. The van der Waals surface area contributed by atoms with Crippen LogP contribution >= 0.6 is 11.3 Å². The minimum Gasteiger partial charge on any atom is -0.497 e. The van der Waals surface area contributed by atoms with Gasteiger partial charge in [-0.1, -0.05) is 36.4 Å². The summed E-state index contributed by atoms with van der Waals surface area (Å²) >= 11 is 1.39. The van der Waals surface area contributed by atoms with Crippen LogP contribution in [-0.4, -0.2) is 18.8 Å². The summed E-state index contributed by atoms with van der Waals surface area (Å²) in [6.45, 7) is 0.378. The van der Waals surface area contributed by atoms with E-state index in [0.717, 1.165) is 4.88 Å². The number of carbonyl (C=O) groups excluding carboxylic acids is 2. The third-order valence-electron chi connectivity index (χ3n) is 3.68. The van der Waals surface area contributed by atoms with Crippen LogP contribution in [0.2, 0.25) is 0 Å². The van der Waals surface area contributed by atoms with Gasteiger partial charge in [-0.3, -0.25) is 9.59 Å². The minimum absolute atomic E-state index is 0.00373. The third-order valence-corrected chi connectivity index (χ3v) is 4.76. The van der Waals surface area contributed by atoms with Crippen LogP contribution in [0.1, 0.15) is 30.5 Å². The van der Waals surface area contributed by atoms with Gasteiger partial charge in [-0.05, 0) is 30.3 Å². The van der Waals surface area contributed by atoms with E-state index in [1.807, 2.05) is 24.3 Å². The zero-order valence-electron chi connectivity index (χ0n) is 13.7. The van der Waals surface area contributed by atoms with E-state index in [1.54, 1.807) is 49.6 Å². The second kappa shape index (κ2) is 7.77. The molecular weight excluding hydrogens is 334 g/mol. The summed E-state index contributed by atoms with van der Waals surface area (Å²) in [5.74, 6) is 0.457. The number of rotatable bonds is 6. The van der Waals surface area contributed by atoms with E-state index < -0.39 is 0 Å². The first-order chi connectivity index (χ1) is 12.2. The smallest absolute Gasteiger partial charge is 0.251 e. The normalized spacial score (nSPS) is 10.3. The molecule has 5 heteroatoms. The van der Waals surface area contributed by atoms with Gasteiger partial charge in [-0.25, -0.2) is 0 Å². The number of amides is 1. The SMILES string of the molecule is COc1cccc(C(=O)NCc2ccc(C(=O)c3ccccc3)s2)c1. The average Bonchev–Trinajstić information content (AvgIpc) is 3.15. The zero-order valence-corrected chi connectivity index (χ0v) is 14.5. The Balaban J connectivity index is 1.63. The van der Waals surface area contributed by atoms with Crippen LogP contribution in [-0.2, 0) is 6.54 Å². The molecule has 0 bridgehead atoms. The molecule has 0 saturated heterocycles. The van der Waals surface area contributed by atoms with Crippen LogP contribution in [0.3, 0.4) is 0 Å². The van der Waals surface area contributed by atoms with Crippen molar-refractivity contribution in [3.8, 4) is 5.75 Å². The zero-order chi connectivity index (χ0) is 17.6. The van der Waals surface area contributed by atoms with Crippen molar-refractivity contribution < 1.29 is 14.3 Å². The average molecular weight is 351 g/mol. The lowest BCUT2D eigenvalue weighted by Gasteiger charge is -2.05. The van der Waals surface area contributed by atoms with Gasteiger partial charge in [0.25, 0.3) is 5.91 Å². The van der Waals surface area contributed by atoms with Gasteiger partial charge < -0.3 is 10.1 Å². The van der Waals surface area contributed by atoms with E-state index in [2.05, 4.69) is 5.32 Å². The van der Waals surface area contributed by atoms with Crippen molar-refractivity contribution in [1.29, 1.82) is 0 Å². The summed E-state index contributed by atoms with van der Waals surface area (Å²) in [5, 5.41) is 2.86. The lowest BCUT2D eigenvalue weighted by Crippen LogP contribution is -2.22. The highest BCUT2D eigenvalue weighted by Crippen LogP contribution is 2.20. The molecule has 3 aromatic rings. The molecular formula is C20H17NO3S. The van der Waals surface area contributed by atoms with Crippen LogP contribution in [0.4, 0.5) is 0 Å². The van der Waals surface area contributed by atoms with Gasteiger partial charge in [0.2, 0.25) is 5.78 Å². The topological polar surface area (TPSA) is 55.4 Å². The highest BCUT2D eigenvalue weighted by Gasteiger charge is 2.12. The fourth-order valence-corrected chi connectivity index (χ4v) is 3.27. The fourth-order valence-electron chi connectivity index (χ4n) is 2.36. The Morgan fingerprint density at radius 1 is 0.960 bits per heavy atom. The molecule has 0 fully saturated rings. The van der Waals surface area contributed by atoms with E-state index in [9.17, 15) is 9.59 Å². The second-order valence-corrected chi connectivity index (χ2v) is 6.54. The summed E-state index contributed by atoms with van der Waals surface area (Å²) in [6.07, 6.45) is 0. The first kappa shape index (κ1) is 16.9. The number of ketones is 1. The summed E-state index contributed by atoms with van der Waals surface area (Å²) in [7, 11) is 1.56. The molecule has 0 saturated carbocycles. The molecule has 1 amide bonds. The van der Waals surface area contributed by atoms with Crippen molar-refractivity contribution in [3.63, 3.8) is 0 Å². The number of carbonyl (C=O) groups is 2. The Hall–Kier alpha value is -2.92. The number of thiophene rings is 1. The van der Waals surface area contributed by atoms with Gasteiger partial charge in [0.05, 0.1) is 18.5 Å². The van der Waals surface area contributed by atoms with Crippen molar-refractivity contribution in [3.05, 3.63) is 87.6 Å². The molecule has 2 aromatic carbocycles. The molecule has 3 rings (SSSR count). The summed E-state index contributed by atoms with van der Waals surface area (Å²) in [4.78, 5) is 26.2. The fraction of sp³-hybridized carbons (Fsp3) is 0.100. The van der Waals surface area contributed by atoms with E-state index in [4.69, 9.17) is 4.74 Å². The summed E-state index contributed by atoms with van der Waals surface area (Å²) in [5.41, 5.74) is 1.20. The van der Waals surface area contributed by atoms with E-state index in [0.29, 0.717) is 28.3 Å². The number of hydrogen-bond donors (Lipinski definition) is 1. The number of benzene rings is 2. The lowest BCUT2D eigenvalue weighted by atomic mass is 10.1. The standard InChI is InChI=1S/C20H17NO3S/c1-24-16-9-5-8-15(12-16)20(23)21-13-17-10-11-18(25-17)19(22)14-6-3-2-4-7-14/h2-12H,13H2,1H3,(H,21,23). The molecule has 1 N–H and O–H groups in total. The Kier molecular flexibility index (Phi) is 5.26. The molecule has 0 radical (unpaired) electrons. The monoisotopic (exact) mass is 351 g/mol. The van der Waals surface area contributed by atoms with Gasteiger partial charge in [0.15, 0.2) is 0 Å². The van der Waals surface area contributed by atoms with Crippen LogP contribution in [0.15, 0.2) is 66.7 Å². The quantitative estimate of drug-likeness (QED) is 0.685. The predicted molar refractivity (Wildman–Crippen MR) is 98.4 cm³/mol. The number of nitrogens with one attached hydrogen (secondary N) is 1. The molecule has 1 aromatic heterocycles. The van der Waals surface area contributed by atoms with Crippen LogP contribution in [0.25, 0.3) is 0 Å². The van der Waals surface area contributed by atoms with E-state index in [1.165, 1.54) is 11.3 Å². The van der Waals surface area contributed by atoms with Crippen LogP contribution in [0.5, 0.6) is 5.75 Å². The van der Waals surface area contributed by atoms with Gasteiger partial charge >= 0.3 is 0 Å². The second-order valence-electron chi connectivity index (χ2n) is 5.38. The van der Waals surface area contributed by atoms with Gasteiger partial charge in [0, 0.05) is 16.0 Å². The highest BCUT2D eigenvalue weighted by atomic mass is 32.1. The lowest BCUT2D eigenvalue weighted by molar-refractivity contribution is 0.0950. The molecule has 0 aliphatic heterocycles. The Morgan fingerprint density at radius 3 is 2.48 bits per heavy atom. The first-order valence-corrected chi connectivity index (χ1v) is 8.60. The van der Waals surface area contributed by atoms with Crippen molar-refractivity contribution in [2.75, 3.05) is 7.11 Å². The maximum atomic E-state index is 12.4. The number of methoxy groups -OCH3 is 1. The molecule has 126 valence electrons. The first-order valence-electron chi connectivity index (χ1n) is 7.78. The van der Waals surface area contributed by atoms with Gasteiger partial charge in [-0.15, -0.1) is 11.3 Å². The molecule has 0 aliphatic carbocycles.